The molecule has 0 radical (unpaired) electrons. The highest BCUT2D eigenvalue weighted by Crippen LogP contribution is 2.37. The number of H-pyrrole nitrogens is 1. The average Bonchev–Trinajstić information content (AvgIpc) is 3.55. The van der Waals surface area contributed by atoms with Gasteiger partial charge in [-0.3, -0.25) is 18.7 Å². The molecule has 5 aromatic rings. The third kappa shape index (κ3) is 3.01. The zero-order valence-corrected chi connectivity index (χ0v) is 19.3. The zero-order chi connectivity index (χ0) is 23.6. The Kier molecular flexibility index (Phi) is 4.64. The first kappa shape index (κ1) is 20.8. The normalized spacial score (nSPS) is 15.2. The Morgan fingerprint density at radius 2 is 2.03 bits per heavy atom. The smallest absolute Gasteiger partial charge is 0.302 e. The number of nitrogens with one attached hydrogen (secondary N) is 1. The summed E-state index contributed by atoms with van der Waals surface area (Å²) in [5.41, 5.74) is 2.18. The molecule has 0 spiro atoms. The van der Waals surface area contributed by atoms with Crippen LogP contribution in [0.3, 0.4) is 0 Å². The fourth-order valence-corrected chi connectivity index (χ4v) is 5.78. The van der Waals surface area contributed by atoms with Crippen LogP contribution in [0.25, 0.3) is 27.3 Å². The lowest BCUT2D eigenvalue weighted by atomic mass is 10.1. The SMILES string of the molecule is Cn1c(=O)sc2cc(-n3cc(-c4nn[nH]n4)c(=O)n(C4CCc5c(Cl)cccc54)c3=O)ccc21. The number of fused-ring (bicyclic) bond motifs is 2. The number of aryl methyl sites for hydroxylation is 1. The number of aromatic amines is 1. The molecule has 1 aliphatic carbocycles. The summed E-state index contributed by atoms with van der Waals surface area (Å²) in [4.78, 5) is 39.3. The van der Waals surface area contributed by atoms with Gasteiger partial charge in [0.2, 0.25) is 5.82 Å². The largest absolute Gasteiger partial charge is 0.336 e. The molecule has 0 saturated carbocycles. The molecule has 2 aromatic carbocycles. The van der Waals surface area contributed by atoms with Crippen LogP contribution in [0, 0.1) is 0 Å². The number of tetrazole rings is 1. The van der Waals surface area contributed by atoms with Gasteiger partial charge in [0.25, 0.3) is 5.56 Å². The number of hydrogen-bond donors (Lipinski definition) is 1. The molecule has 0 saturated heterocycles. The van der Waals surface area contributed by atoms with Gasteiger partial charge in [-0.25, -0.2) is 4.79 Å². The quantitative estimate of drug-likeness (QED) is 0.411. The molecule has 6 rings (SSSR count). The topological polar surface area (TPSA) is 120 Å². The first-order valence-corrected chi connectivity index (χ1v) is 11.6. The number of nitrogens with zero attached hydrogens (tertiary/aromatic N) is 6. The molecule has 0 aliphatic heterocycles. The van der Waals surface area contributed by atoms with E-state index in [1.165, 1.54) is 15.3 Å². The predicted octanol–water partition coefficient (Wildman–Crippen LogP) is 2.28. The second-order valence-corrected chi connectivity index (χ2v) is 9.45. The minimum absolute atomic E-state index is 0.0854. The lowest BCUT2D eigenvalue weighted by Gasteiger charge is -2.18. The standard InChI is InChI=1S/C22H16ClN7O3S/c1-28-17-7-5-11(9-18(17)34-22(28)33)29-10-14(19-24-26-27-25-19)20(31)30(21(29)32)16-8-6-12-13(16)3-2-4-15(12)23/h2-5,7,9-10,16H,6,8H2,1H3,(H,24,25,26,27). The van der Waals surface area contributed by atoms with Crippen molar-refractivity contribution in [1.29, 1.82) is 0 Å². The number of thiazole rings is 1. The third-order valence-electron chi connectivity index (χ3n) is 6.25. The average molecular weight is 494 g/mol. The van der Waals surface area contributed by atoms with E-state index in [1.807, 2.05) is 12.1 Å². The summed E-state index contributed by atoms with van der Waals surface area (Å²) in [6, 6.07) is 10.3. The van der Waals surface area contributed by atoms with Gasteiger partial charge in [0.05, 0.1) is 21.9 Å². The van der Waals surface area contributed by atoms with Crippen molar-refractivity contribution in [1.82, 2.24) is 34.3 Å². The van der Waals surface area contributed by atoms with Crippen molar-refractivity contribution >= 4 is 33.2 Å². The third-order valence-corrected chi connectivity index (χ3v) is 7.60. The maximum Gasteiger partial charge on any atom is 0.336 e. The Bertz CT molecular complexity index is 1760. The summed E-state index contributed by atoms with van der Waals surface area (Å²) in [6.45, 7) is 0. The van der Waals surface area contributed by atoms with Crippen molar-refractivity contribution in [3.8, 4) is 17.1 Å². The van der Waals surface area contributed by atoms with Crippen molar-refractivity contribution in [2.75, 3.05) is 0 Å². The monoisotopic (exact) mass is 493 g/mol. The van der Waals surface area contributed by atoms with Crippen LogP contribution in [0.2, 0.25) is 5.02 Å². The fraction of sp³-hybridized carbons (Fsp3) is 0.182. The van der Waals surface area contributed by atoms with E-state index in [0.29, 0.717) is 23.6 Å². The number of hydrogen-bond acceptors (Lipinski definition) is 7. The van der Waals surface area contributed by atoms with Crippen molar-refractivity contribution in [3.63, 3.8) is 0 Å². The molecule has 1 unspecified atom stereocenters. The van der Waals surface area contributed by atoms with Crippen LogP contribution in [0.1, 0.15) is 23.6 Å². The zero-order valence-electron chi connectivity index (χ0n) is 17.7. The second kappa shape index (κ2) is 7.61. The van der Waals surface area contributed by atoms with Gasteiger partial charge in [0.15, 0.2) is 0 Å². The number of rotatable bonds is 3. The van der Waals surface area contributed by atoms with Crippen molar-refractivity contribution in [2.24, 2.45) is 7.05 Å². The Balaban J connectivity index is 1.64. The van der Waals surface area contributed by atoms with E-state index in [9.17, 15) is 14.4 Å². The summed E-state index contributed by atoms with van der Waals surface area (Å²) in [5.74, 6) is 0.0854. The van der Waals surface area contributed by atoms with Gasteiger partial charge >= 0.3 is 10.6 Å². The fourth-order valence-electron chi connectivity index (χ4n) is 4.59. The van der Waals surface area contributed by atoms with E-state index in [1.54, 1.807) is 35.9 Å². The van der Waals surface area contributed by atoms with Gasteiger partial charge in [-0.1, -0.05) is 35.1 Å². The van der Waals surface area contributed by atoms with Crippen LogP contribution in [-0.4, -0.2) is 34.3 Å². The van der Waals surface area contributed by atoms with Gasteiger partial charge in [-0.2, -0.15) is 5.21 Å². The van der Waals surface area contributed by atoms with Gasteiger partial charge in [-0.15, -0.1) is 10.2 Å². The van der Waals surface area contributed by atoms with Crippen molar-refractivity contribution in [3.05, 3.63) is 89.3 Å². The summed E-state index contributed by atoms with van der Waals surface area (Å²) >= 11 is 7.47. The van der Waals surface area contributed by atoms with E-state index >= 15 is 0 Å². The predicted molar refractivity (Wildman–Crippen MR) is 128 cm³/mol. The van der Waals surface area contributed by atoms with Gasteiger partial charge in [0.1, 0.15) is 5.56 Å². The Labute approximate surface area is 199 Å². The molecule has 34 heavy (non-hydrogen) atoms. The number of halogens is 1. The molecular weight excluding hydrogens is 478 g/mol. The van der Waals surface area contributed by atoms with Crippen LogP contribution in [0.5, 0.6) is 0 Å². The summed E-state index contributed by atoms with van der Waals surface area (Å²) in [5, 5.41) is 14.5. The Morgan fingerprint density at radius 3 is 2.82 bits per heavy atom. The highest BCUT2D eigenvalue weighted by atomic mass is 35.5. The molecule has 3 aromatic heterocycles. The van der Waals surface area contributed by atoms with E-state index in [-0.39, 0.29) is 16.3 Å². The minimum Gasteiger partial charge on any atom is -0.302 e. The van der Waals surface area contributed by atoms with Gasteiger partial charge < -0.3 is 4.57 Å². The highest BCUT2D eigenvalue weighted by Gasteiger charge is 2.30. The molecule has 12 heteroatoms. The first-order chi connectivity index (χ1) is 16.4. The number of aromatic nitrogens is 7. The highest BCUT2D eigenvalue weighted by molar-refractivity contribution is 7.16. The van der Waals surface area contributed by atoms with E-state index in [4.69, 9.17) is 11.6 Å². The van der Waals surface area contributed by atoms with Crippen LogP contribution < -0.4 is 16.1 Å². The van der Waals surface area contributed by atoms with Crippen molar-refractivity contribution in [2.45, 2.75) is 18.9 Å². The molecule has 10 nitrogen and oxygen atoms in total. The maximum absolute atomic E-state index is 13.8. The van der Waals surface area contributed by atoms with E-state index in [0.717, 1.165) is 32.7 Å². The Morgan fingerprint density at radius 1 is 1.18 bits per heavy atom. The van der Waals surface area contributed by atoms with E-state index in [2.05, 4.69) is 20.6 Å². The second-order valence-electron chi connectivity index (χ2n) is 8.05. The molecule has 1 atom stereocenters. The first-order valence-electron chi connectivity index (χ1n) is 10.4. The minimum atomic E-state index is -0.508. The summed E-state index contributed by atoms with van der Waals surface area (Å²) < 4.78 is 4.91. The van der Waals surface area contributed by atoms with Crippen LogP contribution >= 0.6 is 22.9 Å². The van der Waals surface area contributed by atoms with Crippen LogP contribution in [0.4, 0.5) is 0 Å². The molecule has 0 fully saturated rings. The lowest BCUT2D eigenvalue weighted by molar-refractivity contribution is 0.522. The van der Waals surface area contributed by atoms with Gasteiger partial charge in [0, 0.05) is 18.3 Å². The molecular formula is C22H16ClN7O3S. The maximum atomic E-state index is 13.8. The molecule has 0 amide bonds. The molecule has 1 aliphatic rings. The molecule has 0 bridgehead atoms. The Hall–Kier alpha value is -3.83. The summed E-state index contributed by atoms with van der Waals surface area (Å²) in [6.07, 6.45) is 2.64. The lowest BCUT2D eigenvalue weighted by Crippen LogP contribution is -2.42. The van der Waals surface area contributed by atoms with Crippen molar-refractivity contribution < 1.29 is 0 Å². The van der Waals surface area contributed by atoms with Gasteiger partial charge in [-0.05, 0) is 53.4 Å². The number of benzene rings is 2. The van der Waals surface area contributed by atoms with E-state index < -0.39 is 17.3 Å². The van der Waals surface area contributed by atoms with Crippen LogP contribution in [0.15, 0.2) is 57.0 Å². The molecule has 1 N–H and O–H groups in total. The summed E-state index contributed by atoms with van der Waals surface area (Å²) in [7, 11) is 1.70. The van der Waals surface area contributed by atoms with Crippen LogP contribution in [-0.2, 0) is 13.5 Å². The molecule has 3 heterocycles. The molecule has 170 valence electrons.